The van der Waals surface area contributed by atoms with E-state index < -0.39 is 0 Å². The van der Waals surface area contributed by atoms with E-state index in [4.69, 9.17) is 9.68 Å². The van der Waals surface area contributed by atoms with E-state index in [0.29, 0.717) is 17.8 Å². The van der Waals surface area contributed by atoms with Crippen LogP contribution < -0.4 is 5.32 Å². The molecule has 6 heteroatoms. The lowest BCUT2D eigenvalue weighted by Crippen LogP contribution is -2.26. The zero-order valence-corrected chi connectivity index (χ0v) is 13.0. The molecule has 6 nitrogen and oxygen atoms in total. The average Bonchev–Trinajstić information content (AvgIpc) is 2.92. The van der Waals surface area contributed by atoms with E-state index in [1.807, 2.05) is 19.1 Å². The number of hydrogen-bond acceptors (Lipinski definition) is 4. The largest absolute Gasteiger partial charge is 0.464 e. The van der Waals surface area contributed by atoms with E-state index in [9.17, 15) is 9.59 Å². The van der Waals surface area contributed by atoms with Crippen LogP contribution in [-0.4, -0.2) is 23.8 Å². The average molecular weight is 311 g/mol. The lowest BCUT2D eigenvalue weighted by Gasteiger charge is -2.16. The van der Waals surface area contributed by atoms with E-state index in [1.165, 1.54) is 0 Å². The molecule has 0 bridgehead atoms. The van der Waals surface area contributed by atoms with E-state index in [-0.39, 0.29) is 18.2 Å². The SMILES string of the molecule is Cc1ccc(CN(C)C(=O)c2ccc(NC(=O)CC#N)cc2)o1. The zero-order valence-electron chi connectivity index (χ0n) is 13.0. The Kier molecular flexibility index (Phi) is 5.15. The number of furan rings is 1. The van der Waals surface area contributed by atoms with Crippen molar-refractivity contribution < 1.29 is 14.0 Å². The molecule has 1 heterocycles. The van der Waals surface area contributed by atoms with Gasteiger partial charge in [-0.05, 0) is 43.3 Å². The van der Waals surface area contributed by atoms with Crippen molar-refractivity contribution in [2.45, 2.75) is 19.9 Å². The highest BCUT2D eigenvalue weighted by Gasteiger charge is 2.13. The van der Waals surface area contributed by atoms with Crippen LogP contribution in [0.1, 0.15) is 28.3 Å². The fourth-order valence-electron chi connectivity index (χ4n) is 2.07. The quantitative estimate of drug-likeness (QED) is 0.919. The first-order chi connectivity index (χ1) is 11.0. The van der Waals surface area contributed by atoms with Gasteiger partial charge in [0.25, 0.3) is 5.91 Å². The van der Waals surface area contributed by atoms with Crippen LogP contribution in [0.4, 0.5) is 5.69 Å². The molecule has 1 aromatic heterocycles. The minimum Gasteiger partial charge on any atom is -0.464 e. The van der Waals surface area contributed by atoms with Crippen LogP contribution in [0.3, 0.4) is 0 Å². The topological polar surface area (TPSA) is 86.3 Å². The van der Waals surface area contributed by atoms with Gasteiger partial charge in [-0.15, -0.1) is 0 Å². The summed E-state index contributed by atoms with van der Waals surface area (Å²) in [4.78, 5) is 25.2. The Hall–Kier alpha value is -3.07. The molecule has 0 spiro atoms. The van der Waals surface area contributed by atoms with Gasteiger partial charge in [0, 0.05) is 18.3 Å². The predicted octanol–water partition coefficient (Wildman–Crippen LogP) is 2.71. The molecule has 2 aromatic rings. The third-order valence-corrected chi connectivity index (χ3v) is 3.19. The van der Waals surface area contributed by atoms with Crippen molar-refractivity contribution >= 4 is 17.5 Å². The number of aryl methyl sites for hydroxylation is 1. The van der Waals surface area contributed by atoms with Gasteiger partial charge in [-0.2, -0.15) is 5.26 Å². The molecule has 0 aliphatic carbocycles. The third kappa shape index (κ3) is 4.45. The summed E-state index contributed by atoms with van der Waals surface area (Å²) in [6.45, 7) is 2.23. The Bertz CT molecular complexity index is 741. The van der Waals surface area contributed by atoms with Crippen LogP contribution >= 0.6 is 0 Å². The molecule has 0 radical (unpaired) electrons. The monoisotopic (exact) mass is 311 g/mol. The number of carbonyl (C=O) groups is 2. The molecule has 0 saturated carbocycles. The highest BCUT2D eigenvalue weighted by molar-refractivity contribution is 5.96. The Morgan fingerprint density at radius 3 is 2.48 bits per heavy atom. The van der Waals surface area contributed by atoms with Crippen molar-refractivity contribution in [2.24, 2.45) is 0 Å². The minimum absolute atomic E-state index is 0.144. The summed E-state index contributed by atoms with van der Waals surface area (Å²) in [5, 5.41) is 11.0. The van der Waals surface area contributed by atoms with E-state index in [2.05, 4.69) is 5.32 Å². The van der Waals surface area contributed by atoms with Gasteiger partial charge in [-0.1, -0.05) is 0 Å². The van der Waals surface area contributed by atoms with Crippen molar-refractivity contribution in [1.82, 2.24) is 4.90 Å². The number of anilines is 1. The molecule has 118 valence electrons. The van der Waals surface area contributed by atoms with Gasteiger partial charge in [0.05, 0.1) is 12.6 Å². The highest BCUT2D eigenvalue weighted by atomic mass is 16.3. The molecule has 2 amide bonds. The normalized spacial score (nSPS) is 9.96. The van der Waals surface area contributed by atoms with Gasteiger partial charge < -0.3 is 14.6 Å². The summed E-state index contributed by atoms with van der Waals surface area (Å²) in [7, 11) is 1.70. The van der Waals surface area contributed by atoms with Crippen molar-refractivity contribution in [1.29, 1.82) is 5.26 Å². The summed E-state index contributed by atoms with van der Waals surface area (Å²) in [6, 6.07) is 12.0. The van der Waals surface area contributed by atoms with Crippen molar-refractivity contribution in [2.75, 3.05) is 12.4 Å². The number of nitrogens with zero attached hydrogens (tertiary/aromatic N) is 2. The maximum atomic E-state index is 12.3. The van der Waals surface area contributed by atoms with E-state index in [0.717, 1.165) is 11.5 Å². The van der Waals surface area contributed by atoms with Gasteiger partial charge in [-0.3, -0.25) is 9.59 Å². The number of nitrogens with one attached hydrogen (secondary N) is 1. The lowest BCUT2D eigenvalue weighted by atomic mass is 10.2. The molecular weight excluding hydrogens is 294 g/mol. The summed E-state index contributed by atoms with van der Waals surface area (Å²) in [6.07, 6.45) is -0.202. The molecule has 2 rings (SSSR count). The molecule has 23 heavy (non-hydrogen) atoms. The molecule has 0 unspecified atom stereocenters. The van der Waals surface area contributed by atoms with Crippen molar-refractivity contribution in [3.8, 4) is 6.07 Å². The number of rotatable bonds is 5. The molecule has 1 aromatic carbocycles. The maximum absolute atomic E-state index is 12.3. The van der Waals surface area contributed by atoms with Gasteiger partial charge >= 0.3 is 0 Å². The lowest BCUT2D eigenvalue weighted by molar-refractivity contribution is -0.115. The first kappa shape index (κ1) is 16.3. The Labute approximate surface area is 134 Å². The van der Waals surface area contributed by atoms with Crippen LogP contribution in [0.25, 0.3) is 0 Å². The zero-order chi connectivity index (χ0) is 16.8. The van der Waals surface area contributed by atoms with Crippen LogP contribution in [0.15, 0.2) is 40.8 Å². The maximum Gasteiger partial charge on any atom is 0.254 e. The first-order valence-electron chi connectivity index (χ1n) is 7.07. The van der Waals surface area contributed by atoms with Gasteiger partial charge in [0.1, 0.15) is 17.9 Å². The van der Waals surface area contributed by atoms with Crippen LogP contribution in [0.5, 0.6) is 0 Å². The number of amides is 2. The third-order valence-electron chi connectivity index (χ3n) is 3.19. The summed E-state index contributed by atoms with van der Waals surface area (Å²) < 4.78 is 5.46. The Morgan fingerprint density at radius 1 is 1.22 bits per heavy atom. The van der Waals surface area contributed by atoms with E-state index in [1.54, 1.807) is 42.3 Å². The second-order valence-corrected chi connectivity index (χ2v) is 5.13. The number of carbonyl (C=O) groups excluding carboxylic acids is 2. The molecule has 0 saturated heterocycles. The smallest absolute Gasteiger partial charge is 0.254 e. The van der Waals surface area contributed by atoms with Crippen LogP contribution in [0, 0.1) is 18.3 Å². The summed E-state index contributed by atoms with van der Waals surface area (Å²) in [5.74, 6) is 1.00. The highest BCUT2D eigenvalue weighted by Crippen LogP contribution is 2.14. The first-order valence-corrected chi connectivity index (χ1v) is 7.07. The molecule has 0 aliphatic rings. The molecule has 0 atom stereocenters. The number of benzene rings is 1. The fourth-order valence-corrected chi connectivity index (χ4v) is 2.07. The molecule has 0 aliphatic heterocycles. The second kappa shape index (κ2) is 7.27. The van der Waals surface area contributed by atoms with Gasteiger partial charge in [-0.25, -0.2) is 0 Å². The standard InChI is InChI=1S/C17H17N3O3/c1-12-3-8-15(23-12)11-20(2)17(22)13-4-6-14(7-5-13)19-16(21)9-10-18/h3-8H,9,11H2,1-2H3,(H,19,21). The van der Waals surface area contributed by atoms with Crippen molar-refractivity contribution in [3.63, 3.8) is 0 Å². The Morgan fingerprint density at radius 2 is 1.91 bits per heavy atom. The van der Waals surface area contributed by atoms with Crippen LogP contribution in [-0.2, 0) is 11.3 Å². The fraction of sp³-hybridized carbons (Fsp3) is 0.235. The van der Waals surface area contributed by atoms with Gasteiger partial charge in [0.15, 0.2) is 0 Å². The Balaban J connectivity index is 1.99. The summed E-state index contributed by atoms with van der Waals surface area (Å²) in [5.41, 5.74) is 1.06. The molecular formula is C17H17N3O3. The predicted molar refractivity (Wildman–Crippen MR) is 84.5 cm³/mol. The van der Waals surface area contributed by atoms with Gasteiger partial charge in [0.2, 0.25) is 5.91 Å². The molecule has 1 N–H and O–H groups in total. The summed E-state index contributed by atoms with van der Waals surface area (Å²) >= 11 is 0. The van der Waals surface area contributed by atoms with E-state index >= 15 is 0 Å². The minimum atomic E-state index is -0.378. The second-order valence-electron chi connectivity index (χ2n) is 5.13. The van der Waals surface area contributed by atoms with Crippen molar-refractivity contribution in [3.05, 3.63) is 53.5 Å². The number of nitriles is 1. The van der Waals surface area contributed by atoms with Crippen LogP contribution in [0.2, 0.25) is 0 Å². The molecule has 0 fully saturated rings. The number of hydrogen-bond donors (Lipinski definition) is 1.